The molecule has 7 nitrogen and oxygen atoms in total. The number of carbonyl (C=O) groups excluding carboxylic acids is 1. The average Bonchev–Trinajstić information content (AvgIpc) is 3.31. The van der Waals surface area contributed by atoms with Crippen LogP contribution in [-0.2, 0) is 16.4 Å². The van der Waals surface area contributed by atoms with E-state index < -0.39 is 10.0 Å². The van der Waals surface area contributed by atoms with E-state index in [0.717, 1.165) is 22.4 Å². The molecule has 0 spiro atoms. The summed E-state index contributed by atoms with van der Waals surface area (Å²) in [6, 6.07) is 21.1. The molecular weight excluding hydrogens is 448 g/mol. The van der Waals surface area contributed by atoms with Crippen LogP contribution in [0.3, 0.4) is 0 Å². The molecule has 0 saturated heterocycles. The number of aryl methyl sites for hydroxylation is 2. The zero-order valence-corrected chi connectivity index (χ0v) is 19.8. The van der Waals surface area contributed by atoms with Crippen molar-refractivity contribution in [3.05, 3.63) is 107 Å². The Morgan fingerprint density at radius 2 is 1.68 bits per heavy atom. The molecule has 0 aliphatic carbocycles. The minimum atomic E-state index is -3.75. The number of hydrogen-bond acceptors (Lipinski definition) is 4. The van der Waals surface area contributed by atoms with Gasteiger partial charge in [-0.25, -0.2) is 13.1 Å². The van der Waals surface area contributed by atoms with E-state index in [9.17, 15) is 13.2 Å². The van der Waals surface area contributed by atoms with Gasteiger partial charge in [0.1, 0.15) is 0 Å². The van der Waals surface area contributed by atoms with E-state index >= 15 is 0 Å². The second-order valence-corrected chi connectivity index (χ2v) is 9.75. The van der Waals surface area contributed by atoms with E-state index in [-0.39, 0.29) is 10.8 Å². The summed E-state index contributed by atoms with van der Waals surface area (Å²) in [6.07, 6.45) is 4.34. The highest BCUT2D eigenvalue weighted by molar-refractivity contribution is 7.92. The molecule has 4 aromatic rings. The molecule has 0 aliphatic rings. The summed E-state index contributed by atoms with van der Waals surface area (Å²) in [5.74, 6) is -0.262. The predicted molar refractivity (Wildman–Crippen MR) is 133 cm³/mol. The van der Waals surface area contributed by atoms with Crippen LogP contribution in [0.4, 0.5) is 5.69 Å². The number of aromatic nitrogens is 2. The molecule has 0 atom stereocenters. The van der Waals surface area contributed by atoms with Gasteiger partial charge in [-0.05, 0) is 85.5 Å². The maximum Gasteiger partial charge on any atom is 0.261 e. The molecule has 3 aromatic carbocycles. The minimum absolute atomic E-state index is 0.0932. The number of anilines is 1. The van der Waals surface area contributed by atoms with Crippen LogP contribution in [0.15, 0.2) is 90.1 Å². The van der Waals surface area contributed by atoms with Gasteiger partial charge in [0.05, 0.1) is 16.8 Å². The van der Waals surface area contributed by atoms with Crippen LogP contribution in [0.1, 0.15) is 27.0 Å². The molecule has 2 N–H and O–H groups in total. The third-order valence-electron chi connectivity index (χ3n) is 5.54. The average molecular weight is 475 g/mol. The number of rotatable bonds is 8. The highest BCUT2D eigenvalue weighted by atomic mass is 32.2. The summed E-state index contributed by atoms with van der Waals surface area (Å²) >= 11 is 0. The van der Waals surface area contributed by atoms with E-state index in [2.05, 4.69) is 15.1 Å². The normalized spacial score (nSPS) is 11.2. The molecule has 0 saturated carbocycles. The molecule has 34 heavy (non-hydrogen) atoms. The number of carbonyl (C=O) groups is 1. The lowest BCUT2D eigenvalue weighted by Gasteiger charge is -2.10. The van der Waals surface area contributed by atoms with Gasteiger partial charge in [-0.3, -0.25) is 9.52 Å². The van der Waals surface area contributed by atoms with Crippen molar-refractivity contribution in [2.24, 2.45) is 0 Å². The maximum absolute atomic E-state index is 12.7. The van der Waals surface area contributed by atoms with Crippen LogP contribution >= 0.6 is 0 Å². The van der Waals surface area contributed by atoms with Crippen molar-refractivity contribution in [2.45, 2.75) is 25.2 Å². The van der Waals surface area contributed by atoms with Gasteiger partial charge in [0, 0.05) is 24.0 Å². The Morgan fingerprint density at radius 3 is 2.38 bits per heavy atom. The van der Waals surface area contributed by atoms with Gasteiger partial charge in [-0.2, -0.15) is 5.10 Å². The number of nitrogens with zero attached hydrogens (tertiary/aromatic N) is 2. The second kappa shape index (κ2) is 9.93. The van der Waals surface area contributed by atoms with Gasteiger partial charge < -0.3 is 5.32 Å². The number of nitrogens with one attached hydrogen (secondary N) is 2. The Balaban J connectivity index is 1.33. The van der Waals surface area contributed by atoms with Crippen molar-refractivity contribution in [1.29, 1.82) is 0 Å². The highest BCUT2D eigenvalue weighted by Crippen LogP contribution is 2.19. The van der Waals surface area contributed by atoms with Crippen LogP contribution in [0.25, 0.3) is 5.69 Å². The van der Waals surface area contributed by atoms with E-state index in [4.69, 9.17) is 0 Å². The van der Waals surface area contributed by atoms with Crippen LogP contribution in [-0.4, -0.2) is 30.7 Å². The van der Waals surface area contributed by atoms with E-state index in [1.54, 1.807) is 23.0 Å². The Labute approximate surface area is 199 Å². The van der Waals surface area contributed by atoms with Crippen molar-refractivity contribution in [1.82, 2.24) is 15.1 Å². The highest BCUT2D eigenvalue weighted by Gasteiger charge is 2.15. The standard InChI is InChI=1S/C26H26N4O3S/c1-19-8-11-23(16-20(19)2)29-34(32,33)25-12-9-22(10-13-25)26(31)27-15-14-21-17-28-30(18-21)24-6-4-3-5-7-24/h3-13,16-18,29H,14-15H2,1-2H3,(H,27,31). The first-order valence-electron chi connectivity index (χ1n) is 10.9. The first-order chi connectivity index (χ1) is 16.3. The van der Waals surface area contributed by atoms with Crippen molar-refractivity contribution in [3.8, 4) is 5.69 Å². The Bertz CT molecular complexity index is 1400. The molecule has 1 amide bonds. The molecule has 0 aliphatic heterocycles. The molecular formula is C26H26N4O3S. The number of hydrogen-bond donors (Lipinski definition) is 2. The number of benzene rings is 3. The first-order valence-corrected chi connectivity index (χ1v) is 12.4. The summed E-state index contributed by atoms with van der Waals surface area (Å²) in [4.78, 5) is 12.6. The van der Waals surface area contributed by atoms with Crippen molar-refractivity contribution >= 4 is 21.6 Å². The maximum atomic E-state index is 12.7. The Hall–Kier alpha value is -3.91. The van der Waals surface area contributed by atoms with Crippen molar-refractivity contribution in [3.63, 3.8) is 0 Å². The summed E-state index contributed by atoms with van der Waals surface area (Å²) < 4.78 is 29.8. The minimum Gasteiger partial charge on any atom is -0.352 e. The lowest BCUT2D eigenvalue weighted by atomic mass is 10.1. The van der Waals surface area contributed by atoms with Gasteiger partial charge in [0.25, 0.3) is 15.9 Å². The Kier molecular flexibility index (Phi) is 6.79. The molecule has 0 unspecified atom stereocenters. The van der Waals surface area contributed by atoms with Crippen LogP contribution < -0.4 is 10.0 Å². The summed E-state index contributed by atoms with van der Waals surface area (Å²) in [7, 11) is -3.75. The molecule has 0 radical (unpaired) electrons. The number of sulfonamides is 1. The van der Waals surface area contributed by atoms with Crippen molar-refractivity contribution in [2.75, 3.05) is 11.3 Å². The summed E-state index contributed by atoms with van der Waals surface area (Å²) in [5.41, 5.74) is 4.96. The number of para-hydroxylation sites is 1. The molecule has 174 valence electrons. The fourth-order valence-electron chi connectivity index (χ4n) is 3.44. The molecule has 4 rings (SSSR count). The van der Waals surface area contributed by atoms with Gasteiger partial charge in [0.2, 0.25) is 0 Å². The van der Waals surface area contributed by atoms with Gasteiger partial charge in [-0.15, -0.1) is 0 Å². The SMILES string of the molecule is Cc1ccc(NS(=O)(=O)c2ccc(C(=O)NCCc3cnn(-c4ccccc4)c3)cc2)cc1C. The van der Waals surface area contributed by atoms with E-state index in [0.29, 0.717) is 24.2 Å². The van der Waals surface area contributed by atoms with Crippen LogP contribution in [0, 0.1) is 13.8 Å². The lowest BCUT2D eigenvalue weighted by molar-refractivity contribution is 0.0954. The van der Waals surface area contributed by atoms with E-state index in [1.165, 1.54) is 24.3 Å². The van der Waals surface area contributed by atoms with Crippen LogP contribution in [0.2, 0.25) is 0 Å². The predicted octanol–water partition coefficient (Wildman–Crippen LogP) is 4.26. The third-order valence-corrected chi connectivity index (χ3v) is 6.94. The lowest BCUT2D eigenvalue weighted by Crippen LogP contribution is -2.25. The van der Waals surface area contributed by atoms with Crippen LogP contribution in [0.5, 0.6) is 0 Å². The zero-order chi connectivity index (χ0) is 24.1. The largest absolute Gasteiger partial charge is 0.352 e. The van der Waals surface area contributed by atoms with Crippen molar-refractivity contribution < 1.29 is 13.2 Å². The topological polar surface area (TPSA) is 93.1 Å². The Morgan fingerprint density at radius 1 is 0.941 bits per heavy atom. The fourth-order valence-corrected chi connectivity index (χ4v) is 4.49. The second-order valence-electron chi connectivity index (χ2n) is 8.06. The first kappa shape index (κ1) is 23.3. The van der Waals surface area contributed by atoms with E-state index in [1.807, 2.05) is 56.4 Å². The monoisotopic (exact) mass is 474 g/mol. The van der Waals surface area contributed by atoms with Gasteiger partial charge in [0.15, 0.2) is 0 Å². The number of amides is 1. The molecule has 8 heteroatoms. The van der Waals surface area contributed by atoms with Gasteiger partial charge in [-0.1, -0.05) is 24.3 Å². The molecule has 1 heterocycles. The molecule has 0 bridgehead atoms. The van der Waals surface area contributed by atoms with Gasteiger partial charge >= 0.3 is 0 Å². The molecule has 1 aromatic heterocycles. The zero-order valence-electron chi connectivity index (χ0n) is 19.0. The summed E-state index contributed by atoms with van der Waals surface area (Å²) in [6.45, 7) is 4.33. The smallest absolute Gasteiger partial charge is 0.261 e. The quantitative estimate of drug-likeness (QED) is 0.399. The fraction of sp³-hybridized carbons (Fsp3) is 0.154. The third kappa shape index (κ3) is 5.52. The molecule has 0 fully saturated rings. The summed E-state index contributed by atoms with van der Waals surface area (Å²) in [5, 5.41) is 7.22.